The van der Waals surface area contributed by atoms with E-state index >= 15 is 0 Å². The van der Waals surface area contributed by atoms with E-state index in [0.717, 1.165) is 0 Å². The minimum atomic E-state index is -0.381. The molecule has 0 saturated carbocycles. The average Bonchev–Trinajstić information content (AvgIpc) is 2.11. The molecule has 0 heterocycles. The van der Waals surface area contributed by atoms with Gasteiger partial charge in [-0.2, -0.15) is 0 Å². The van der Waals surface area contributed by atoms with Crippen LogP contribution in [0.2, 0.25) is 6.55 Å². The van der Waals surface area contributed by atoms with Crippen molar-refractivity contribution in [3.05, 3.63) is 24.3 Å². The van der Waals surface area contributed by atoms with E-state index < -0.39 is 0 Å². The first-order valence-corrected chi connectivity index (χ1v) is 7.00. The second-order valence-corrected chi connectivity index (χ2v) is 4.77. The van der Waals surface area contributed by atoms with Gasteiger partial charge < -0.3 is 0 Å². The van der Waals surface area contributed by atoms with E-state index in [1.54, 1.807) is 13.8 Å². The second kappa shape index (κ2) is 5.54. The second-order valence-electron chi connectivity index (χ2n) is 3.32. The Kier molecular flexibility index (Phi) is 5.08. The van der Waals surface area contributed by atoms with Crippen molar-refractivity contribution in [1.82, 2.24) is 4.90 Å². The third-order valence-electron chi connectivity index (χ3n) is 1.67. The fourth-order valence-corrected chi connectivity index (χ4v) is 1.83. The van der Waals surface area contributed by atoms with Crippen molar-refractivity contribution in [2.24, 2.45) is 0 Å². The Morgan fingerprint density at radius 3 is 1.71 bits per heavy atom. The van der Waals surface area contributed by atoms with Gasteiger partial charge in [0.25, 0.3) is 11.8 Å². The van der Waals surface area contributed by atoms with Gasteiger partial charge in [0.1, 0.15) is 0 Å². The Balaban J connectivity index is 4.76. The summed E-state index contributed by atoms with van der Waals surface area (Å²) in [6, 6.07) is 0. The van der Waals surface area contributed by atoms with Crippen LogP contribution in [0, 0.1) is 0 Å². The van der Waals surface area contributed by atoms with Crippen LogP contribution >= 0.6 is 0 Å². The highest BCUT2D eigenvalue weighted by Gasteiger charge is 2.20. The molecule has 0 atom stereocenters. The molecular formula is C10H17NO2Si. The quantitative estimate of drug-likeness (QED) is 0.506. The van der Waals surface area contributed by atoms with Gasteiger partial charge in [0, 0.05) is 26.8 Å². The molecule has 0 N–H and O–H groups in total. The molecule has 0 aromatic rings. The molecule has 3 nitrogen and oxygen atoms in total. The summed E-state index contributed by atoms with van der Waals surface area (Å²) in [6.45, 7) is 12.3. The lowest BCUT2D eigenvalue weighted by Gasteiger charge is -2.20. The normalized spacial score (nSPS) is 10.2. The zero-order valence-electron chi connectivity index (χ0n) is 9.09. The first kappa shape index (κ1) is 12.8. The van der Waals surface area contributed by atoms with E-state index in [0.29, 0.717) is 17.3 Å². The molecule has 0 spiro atoms. The van der Waals surface area contributed by atoms with Crippen LogP contribution in [0.5, 0.6) is 0 Å². The molecule has 0 rings (SSSR count). The van der Waals surface area contributed by atoms with Gasteiger partial charge in [-0.3, -0.25) is 14.5 Å². The molecule has 0 aromatic heterocycles. The lowest BCUT2D eigenvalue weighted by molar-refractivity contribution is -0.138. The number of hydrogen-bond donors (Lipinski definition) is 0. The molecule has 0 saturated heterocycles. The molecule has 0 unspecified atom stereocenters. The van der Waals surface area contributed by atoms with Gasteiger partial charge in [-0.05, 0) is 13.8 Å². The van der Waals surface area contributed by atoms with Crippen LogP contribution in [0.15, 0.2) is 24.3 Å². The predicted octanol–water partition coefficient (Wildman–Crippen LogP) is 0.668. The minimum Gasteiger partial charge on any atom is -0.279 e. The van der Waals surface area contributed by atoms with Crippen LogP contribution in [0.3, 0.4) is 0 Å². The summed E-state index contributed by atoms with van der Waals surface area (Å²) in [4.78, 5) is 24.4. The smallest absolute Gasteiger partial charge is 0.255 e. The third-order valence-corrected chi connectivity index (χ3v) is 2.56. The maximum absolute atomic E-state index is 11.6. The number of hydrogen-bond acceptors (Lipinski definition) is 2. The van der Waals surface area contributed by atoms with E-state index in [2.05, 4.69) is 13.2 Å². The van der Waals surface area contributed by atoms with Gasteiger partial charge in [0.15, 0.2) is 0 Å². The van der Waals surface area contributed by atoms with E-state index in [9.17, 15) is 9.59 Å². The molecule has 0 aliphatic rings. The summed E-state index contributed by atoms with van der Waals surface area (Å²) in [7, 11) is -0.381. The molecule has 0 aliphatic carbocycles. The number of carbonyl (C=O) groups is 2. The van der Waals surface area contributed by atoms with E-state index in [1.165, 1.54) is 4.90 Å². The molecule has 0 aromatic carbocycles. The number of imide groups is 1. The van der Waals surface area contributed by atoms with Crippen molar-refractivity contribution in [3.63, 3.8) is 0 Å². The monoisotopic (exact) mass is 211 g/mol. The van der Waals surface area contributed by atoms with E-state index in [-0.39, 0.29) is 21.3 Å². The van der Waals surface area contributed by atoms with Crippen molar-refractivity contribution in [3.8, 4) is 0 Å². The molecule has 4 heteroatoms. The van der Waals surface area contributed by atoms with Gasteiger partial charge in [0.2, 0.25) is 0 Å². The molecule has 14 heavy (non-hydrogen) atoms. The topological polar surface area (TPSA) is 37.4 Å². The molecule has 2 amide bonds. The molecule has 0 fully saturated rings. The maximum Gasteiger partial charge on any atom is 0.255 e. The number of amides is 2. The first-order chi connectivity index (χ1) is 6.41. The fourth-order valence-electron chi connectivity index (χ4n) is 0.980. The van der Waals surface area contributed by atoms with Crippen LogP contribution in [0.4, 0.5) is 0 Å². The molecular weight excluding hydrogens is 194 g/mol. The summed E-state index contributed by atoms with van der Waals surface area (Å²) < 4.78 is 0. The lowest BCUT2D eigenvalue weighted by atomic mass is 10.2. The highest BCUT2D eigenvalue weighted by Crippen LogP contribution is 2.03. The summed E-state index contributed by atoms with van der Waals surface area (Å²) >= 11 is 0. The fraction of sp³-hybridized carbons (Fsp3) is 0.400. The standard InChI is InChI=1S/C10H17NO2Si/c1-7(2)9(12)11(6-14-5)10(13)8(3)4/h1,3,6,14H2,2,4-5H3. The van der Waals surface area contributed by atoms with E-state index in [4.69, 9.17) is 0 Å². The van der Waals surface area contributed by atoms with Crippen molar-refractivity contribution >= 4 is 21.3 Å². The molecule has 0 radical (unpaired) electrons. The third kappa shape index (κ3) is 3.30. The Morgan fingerprint density at radius 2 is 1.50 bits per heavy atom. The summed E-state index contributed by atoms with van der Waals surface area (Å²) in [5.74, 6) is -0.570. The van der Waals surface area contributed by atoms with Crippen LogP contribution < -0.4 is 0 Å². The van der Waals surface area contributed by atoms with Crippen molar-refractivity contribution in [2.45, 2.75) is 20.4 Å². The Hall–Kier alpha value is -1.16. The minimum absolute atomic E-state index is 0.285. The van der Waals surface area contributed by atoms with Crippen molar-refractivity contribution in [1.29, 1.82) is 0 Å². The number of nitrogens with zero attached hydrogens (tertiary/aromatic N) is 1. The predicted molar refractivity (Wildman–Crippen MR) is 60.8 cm³/mol. The highest BCUT2D eigenvalue weighted by atomic mass is 28.2. The summed E-state index contributed by atoms with van der Waals surface area (Å²) in [6.07, 6.45) is 0.553. The lowest BCUT2D eigenvalue weighted by Crippen LogP contribution is -2.39. The van der Waals surface area contributed by atoms with Gasteiger partial charge in [-0.1, -0.05) is 19.7 Å². The van der Waals surface area contributed by atoms with Crippen LogP contribution in [-0.4, -0.2) is 32.4 Å². The average molecular weight is 211 g/mol. The first-order valence-electron chi connectivity index (χ1n) is 4.59. The van der Waals surface area contributed by atoms with Gasteiger partial charge in [-0.25, -0.2) is 0 Å². The molecule has 0 aliphatic heterocycles. The Bertz CT molecular complexity index is 258. The van der Waals surface area contributed by atoms with Crippen molar-refractivity contribution in [2.75, 3.05) is 6.17 Å². The SMILES string of the molecule is C=C(C)C(=O)N(C[SiH2]C)C(=O)C(=C)C. The van der Waals surface area contributed by atoms with E-state index in [1.807, 2.05) is 6.55 Å². The molecule has 78 valence electrons. The zero-order chi connectivity index (χ0) is 11.3. The Labute approximate surface area is 87.3 Å². The number of rotatable bonds is 4. The highest BCUT2D eigenvalue weighted by molar-refractivity contribution is 6.35. The van der Waals surface area contributed by atoms with Crippen molar-refractivity contribution < 1.29 is 9.59 Å². The van der Waals surface area contributed by atoms with Gasteiger partial charge in [0.05, 0.1) is 0 Å². The van der Waals surface area contributed by atoms with Gasteiger partial charge in [-0.15, -0.1) is 0 Å². The summed E-state index contributed by atoms with van der Waals surface area (Å²) in [5, 5.41) is 0. The summed E-state index contributed by atoms with van der Waals surface area (Å²) in [5.41, 5.74) is 0.782. The molecule has 0 bridgehead atoms. The largest absolute Gasteiger partial charge is 0.279 e. The zero-order valence-corrected chi connectivity index (χ0v) is 10.5. The van der Waals surface area contributed by atoms with Crippen LogP contribution in [0.25, 0.3) is 0 Å². The maximum atomic E-state index is 11.6. The Morgan fingerprint density at radius 1 is 1.14 bits per heavy atom. The van der Waals surface area contributed by atoms with Gasteiger partial charge >= 0.3 is 0 Å². The number of carbonyl (C=O) groups excluding carboxylic acids is 2. The van der Waals surface area contributed by atoms with Crippen LogP contribution in [-0.2, 0) is 9.59 Å². The van der Waals surface area contributed by atoms with Crippen LogP contribution in [0.1, 0.15) is 13.8 Å².